The fraction of sp³-hybridized carbons (Fsp3) is 0.692. The van der Waals surface area contributed by atoms with Crippen molar-refractivity contribution < 1.29 is 4.74 Å². The molecule has 1 aliphatic rings. The molecule has 100 valence electrons. The molecule has 2 rings (SSSR count). The molecule has 1 saturated carbocycles. The maximum atomic E-state index is 5.63. The maximum absolute atomic E-state index is 5.63. The highest BCUT2D eigenvalue weighted by molar-refractivity contribution is 5.08. The normalized spacial score (nSPS) is 15.1. The third-order valence-electron chi connectivity index (χ3n) is 3.08. The van der Waals surface area contributed by atoms with Gasteiger partial charge < -0.3 is 15.0 Å². The van der Waals surface area contributed by atoms with Gasteiger partial charge in [0.25, 0.3) is 0 Å². The van der Waals surface area contributed by atoms with Crippen molar-refractivity contribution in [2.75, 3.05) is 26.7 Å². The van der Waals surface area contributed by atoms with E-state index in [2.05, 4.69) is 34.2 Å². The van der Waals surface area contributed by atoms with Gasteiger partial charge in [-0.3, -0.25) is 4.98 Å². The molecule has 5 heteroatoms. The molecular formula is C13H22N4O. The summed E-state index contributed by atoms with van der Waals surface area (Å²) >= 11 is 0. The topological polar surface area (TPSA) is 50.3 Å². The van der Waals surface area contributed by atoms with Crippen molar-refractivity contribution in [3.63, 3.8) is 0 Å². The predicted octanol–water partition coefficient (Wildman–Crippen LogP) is 1.06. The number of ether oxygens (including phenoxy) is 1. The molecule has 0 radical (unpaired) electrons. The quantitative estimate of drug-likeness (QED) is 0.747. The van der Waals surface area contributed by atoms with Gasteiger partial charge in [-0.15, -0.1) is 0 Å². The number of rotatable bonds is 8. The predicted molar refractivity (Wildman–Crippen MR) is 70.6 cm³/mol. The monoisotopic (exact) mass is 250 g/mol. The van der Waals surface area contributed by atoms with Crippen LogP contribution in [0.2, 0.25) is 0 Å². The molecule has 0 aromatic carbocycles. The van der Waals surface area contributed by atoms with E-state index in [-0.39, 0.29) is 0 Å². The van der Waals surface area contributed by atoms with Gasteiger partial charge in [-0.2, -0.15) is 0 Å². The van der Waals surface area contributed by atoms with Crippen LogP contribution in [0.1, 0.15) is 25.5 Å². The zero-order valence-corrected chi connectivity index (χ0v) is 11.2. The molecule has 1 aromatic heterocycles. The number of nitrogens with zero attached hydrogens (tertiary/aromatic N) is 3. The van der Waals surface area contributed by atoms with E-state index in [0.29, 0.717) is 12.5 Å². The summed E-state index contributed by atoms with van der Waals surface area (Å²) in [5, 5.41) is 3.22. The van der Waals surface area contributed by atoms with Crippen LogP contribution < -0.4 is 10.1 Å². The average Bonchev–Trinajstić information content (AvgIpc) is 3.21. The summed E-state index contributed by atoms with van der Waals surface area (Å²) in [6.45, 7) is 5.36. The maximum Gasteiger partial charge on any atom is 0.232 e. The Hall–Kier alpha value is -1.20. The van der Waals surface area contributed by atoms with E-state index in [9.17, 15) is 0 Å². The van der Waals surface area contributed by atoms with Gasteiger partial charge >= 0.3 is 0 Å². The minimum atomic E-state index is 0.620. The first-order valence-electron chi connectivity index (χ1n) is 6.64. The lowest BCUT2D eigenvalue weighted by Crippen LogP contribution is -2.26. The van der Waals surface area contributed by atoms with E-state index in [1.165, 1.54) is 12.8 Å². The van der Waals surface area contributed by atoms with Gasteiger partial charge in [0.15, 0.2) is 0 Å². The summed E-state index contributed by atoms with van der Waals surface area (Å²) < 4.78 is 5.63. The Morgan fingerprint density at radius 1 is 1.44 bits per heavy atom. The van der Waals surface area contributed by atoms with Crippen molar-refractivity contribution in [3.8, 4) is 5.88 Å². The molecule has 18 heavy (non-hydrogen) atoms. The standard InChI is InChI=1S/C13H22N4O/c1-3-14-8-11-9-15-10-13(16-11)18-7-6-17(2)12-4-5-12/h9-10,12,14H,3-8H2,1-2H3. The molecule has 5 nitrogen and oxygen atoms in total. The number of likely N-dealkylation sites (N-methyl/N-ethyl adjacent to an activating group) is 1. The van der Waals surface area contributed by atoms with Gasteiger partial charge in [-0.1, -0.05) is 6.92 Å². The van der Waals surface area contributed by atoms with Crippen molar-refractivity contribution >= 4 is 0 Å². The minimum absolute atomic E-state index is 0.620. The van der Waals surface area contributed by atoms with Crippen LogP contribution in [0, 0.1) is 0 Å². The molecule has 1 fully saturated rings. The zero-order chi connectivity index (χ0) is 12.8. The van der Waals surface area contributed by atoms with Crippen molar-refractivity contribution in [1.29, 1.82) is 0 Å². The highest BCUT2D eigenvalue weighted by Crippen LogP contribution is 2.24. The van der Waals surface area contributed by atoms with E-state index in [1.54, 1.807) is 12.4 Å². The smallest absolute Gasteiger partial charge is 0.232 e. The number of hydrogen-bond acceptors (Lipinski definition) is 5. The summed E-state index contributed by atoms with van der Waals surface area (Å²) in [7, 11) is 2.15. The van der Waals surface area contributed by atoms with E-state index in [0.717, 1.165) is 31.4 Å². The lowest BCUT2D eigenvalue weighted by molar-refractivity contribution is 0.225. The number of hydrogen-bond donors (Lipinski definition) is 1. The summed E-state index contributed by atoms with van der Waals surface area (Å²) in [6, 6.07) is 0.778. The lowest BCUT2D eigenvalue weighted by atomic mass is 10.4. The molecule has 0 amide bonds. The van der Waals surface area contributed by atoms with E-state index >= 15 is 0 Å². The van der Waals surface area contributed by atoms with Crippen molar-refractivity contribution in [3.05, 3.63) is 18.1 Å². The molecule has 1 aliphatic carbocycles. The second kappa shape index (κ2) is 6.66. The van der Waals surface area contributed by atoms with Crippen molar-refractivity contribution in [2.24, 2.45) is 0 Å². The van der Waals surface area contributed by atoms with Gasteiger partial charge in [0.1, 0.15) is 6.61 Å². The molecule has 0 atom stereocenters. The van der Waals surface area contributed by atoms with Crippen LogP contribution in [0.5, 0.6) is 5.88 Å². The molecule has 1 heterocycles. The molecule has 0 saturated heterocycles. The molecule has 0 unspecified atom stereocenters. The Morgan fingerprint density at radius 2 is 2.28 bits per heavy atom. The van der Waals surface area contributed by atoms with Gasteiger partial charge in [0, 0.05) is 25.3 Å². The third-order valence-corrected chi connectivity index (χ3v) is 3.08. The van der Waals surface area contributed by atoms with Crippen LogP contribution in [0.3, 0.4) is 0 Å². The van der Waals surface area contributed by atoms with Crippen LogP contribution in [0.4, 0.5) is 0 Å². The SMILES string of the molecule is CCNCc1cncc(OCCN(C)C2CC2)n1. The Morgan fingerprint density at radius 3 is 3.00 bits per heavy atom. The largest absolute Gasteiger partial charge is 0.475 e. The van der Waals surface area contributed by atoms with Crippen LogP contribution in [-0.2, 0) is 6.54 Å². The first-order valence-corrected chi connectivity index (χ1v) is 6.64. The van der Waals surface area contributed by atoms with Crippen molar-refractivity contribution in [2.45, 2.75) is 32.4 Å². The van der Waals surface area contributed by atoms with Crippen LogP contribution in [0.15, 0.2) is 12.4 Å². The van der Waals surface area contributed by atoms with Crippen LogP contribution in [0.25, 0.3) is 0 Å². The van der Waals surface area contributed by atoms with Gasteiger partial charge in [0.2, 0.25) is 5.88 Å². The number of nitrogens with one attached hydrogen (secondary N) is 1. The second-order valence-corrected chi connectivity index (χ2v) is 4.69. The average molecular weight is 250 g/mol. The summed E-state index contributed by atoms with van der Waals surface area (Å²) in [4.78, 5) is 10.9. The van der Waals surface area contributed by atoms with Crippen LogP contribution in [-0.4, -0.2) is 47.7 Å². The van der Waals surface area contributed by atoms with Gasteiger partial charge in [0.05, 0.1) is 11.9 Å². The highest BCUT2D eigenvalue weighted by Gasteiger charge is 2.25. The fourth-order valence-electron chi connectivity index (χ4n) is 1.79. The molecule has 0 aliphatic heterocycles. The fourth-order valence-corrected chi connectivity index (χ4v) is 1.79. The Kier molecular flexibility index (Phi) is 4.90. The van der Waals surface area contributed by atoms with Crippen LogP contribution >= 0.6 is 0 Å². The van der Waals surface area contributed by atoms with Gasteiger partial charge in [-0.05, 0) is 26.4 Å². The summed E-state index contributed by atoms with van der Waals surface area (Å²) in [5.74, 6) is 0.620. The molecule has 1 N–H and O–H groups in total. The first-order chi connectivity index (χ1) is 8.79. The van der Waals surface area contributed by atoms with Gasteiger partial charge in [-0.25, -0.2) is 4.98 Å². The molecule has 0 spiro atoms. The summed E-state index contributed by atoms with van der Waals surface area (Å²) in [5.41, 5.74) is 0.921. The van der Waals surface area contributed by atoms with E-state index < -0.39 is 0 Å². The third kappa shape index (κ3) is 4.23. The Balaban J connectivity index is 1.73. The molecule has 0 bridgehead atoms. The first kappa shape index (κ1) is 13.2. The Bertz CT molecular complexity index is 368. The van der Waals surface area contributed by atoms with E-state index in [4.69, 9.17) is 4.74 Å². The Labute approximate surface area is 109 Å². The zero-order valence-electron chi connectivity index (χ0n) is 11.2. The highest BCUT2D eigenvalue weighted by atomic mass is 16.5. The molecule has 1 aromatic rings. The second-order valence-electron chi connectivity index (χ2n) is 4.69. The minimum Gasteiger partial charge on any atom is -0.475 e. The molecular weight excluding hydrogens is 228 g/mol. The lowest BCUT2D eigenvalue weighted by Gasteiger charge is -2.15. The van der Waals surface area contributed by atoms with E-state index in [1.807, 2.05) is 0 Å². The number of aromatic nitrogens is 2. The van der Waals surface area contributed by atoms with Crippen molar-refractivity contribution in [1.82, 2.24) is 20.2 Å². The summed E-state index contributed by atoms with van der Waals surface area (Å²) in [6.07, 6.45) is 6.10.